The molecule has 0 aliphatic rings. The van der Waals surface area contributed by atoms with Crippen LogP contribution in [0.25, 0.3) is 0 Å². The molecule has 5 heteroatoms. The molecule has 0 heterocycles. The van der Waals surface area contributed by atoms with Gasteiger partial charge in [0.25, 0.3) is 9.05 Å². The zero-order valence-corrected chi connectivity index (χ0v) is 7.85. The molecule has 0 amide bonds. The zero-order chi connectivity index (χ0) is 9.35. The van der Waals surface area contributed by atoms with Gasteiger partial charge in [-0.2, -0.15) is 0 Å². The van der Waals surface area contributed by atoms with Crippen molar-refractivity contribution in [2.75, 3.05) is 0 Å². The second-order valence-electron chi connectivity index (χ2n) is 2.36. The van der Waals surface area contributed by atoms with Crippen LogP contribution in [0.4, 0.5) is 0 Å². The van der Waals surface area contributed by atoms with E-state index in [-0.39, 0.29) is 10.6 Å². The van der Waals surface area contributed by atoms with E-state index in [1.807, 2.05) is 0 Å². The lowest BCUT2D eigenvalue weighted by Gasteiger charge is -2.01. The van der Waals surface area contributed by atoms with E-state index in [0.717, 1.165) is 0 Å². The zero-order valence-electron chi connectivity index (χ0n) is 6.28. The van der Waals surface area contributed by atoms with Crippen molar-refractivity contribution >= 4 is 19.7 Å². The summed E-state index contributed by atoms with van der Waals surface area (Å²) in [6.07, 6.45) is 0. The van der Waals surface area contributed by atoms with Gasteiger partial charge in [-0.05, 0) is 18.6 Å². The van der Waals surface area contributed by atoms with Gasteiger partial charge in [0.1, 0.15) is 10.6 Å². The Labute approximate surface area is 75.0 Å². The van der Waals surface area contributed by atoms with Crippen LogP contribution < -0.4 is 0 Å². The van der Waals surface area contributed by atoms with Gasteiger partial charge in [-0.25, -0.2) is 8.42 Å². The SMILES string of the molecule is Cc1cccc(S(=O)(=O)Cl)c1O. The lowest BCUT2D eigenvalue weighted by Crippen LogP contribution is -1.91. The van der Waals surface area contributed by atoms with Crippen LogP contribution in [0.15, 0.2) is 23.1 Å². The number of rotatable bonds is 1. The number of phenolic OH excluding ortho intramolecular Hbond substituents is 1. The normalized spacial score (nSPS) is 11.5. The Kier molecular flexibility index (Phi) is 2.30. The van der Waals surface area contributed by atoms with E-state index < -0.39 is 9.05 Å². The smallest absolute Gasteiger partial charge is 0.264 e. The Morgan fingerprint density at radius 1 is 1.42 bits per heavy atom. The van der Waals surface area contributed by atoms with Crippen molar-refractivity contribution in [2.45, 2.75) is 11.8 Å². The molecule has 0 aliphatic carbocycles. The molecule has 0 radical (unpaired) electrons. The van der Waals surface area contributed by atoms with Crippen LogP contribution in [-0.4, -0.2) is 13.5 Å². The standard InChI is InChI=1S/C7H7ClO3S/c1-5-3-2-4-6(7(5)9)12(8,10)11/h2-4,9H,1H3. The van der Waals surface area contributed by atoms with Crippen molar-refractivity contribution < 1.29 is 13.5 Å². The predicted octanol–water partition coefficient (Wildman–Crippen LogP) is 1.63. The van der Waals surface area contributed by atoms with Gasteiger partial charge in [-0.15, -0.1) is 0 Å². The molecule has 0 saturated carbocycles. The minimum atomic E-state index is -3.83. The molecule has 0 saturated heterocycles. The van der Waals surface area contributed by atoms with E-state index in [2.05, 4.69) is 0 Å². The van der Waals surface area contributed by atoms with Crippen LogP contribution >= 0.6 is 10.7 Å². The van der Waals surface area contributed by atoms with Crippen LogP contribution in [-0.2, 0) is 9.05 Å². The lowest BCUT2D eigenvalue weighted by atomic mass is 10.2. The Morgan fingerprint density at radius 2 is 2.00 bits per heavy atom. The number of aromatic hydroxyl groups is 1. The number of hydrogen-bond acceptors (Lipinski definition) is 3. The molecule has 0 aliphatic heterocycles. The number of hydrogen-bond donors (Lipinski definition) is 1. The summed E-state index contributed by atoms with van der Waals surface area (Å²) in [5.74, 6) is -0.285. The molecule has 66 valence electrons. The van der Waals surface area contributed by atoms with Crippen molar-refractivity contribution in [3.05, 3.63) is 23.8 Å². The molecule has 3 nitrogen and oxygen atoms in total. The molecule has 1 rings (SSSR count). The summed E-state index contributed by atoms with van der Waals surface area (Å²) >= 11 is 0. The number of halogens is 1. The first-order valence-electron chi connectivity index (χ1n) is 3.16. The monoisotopic (exact) mass is 206 g/mol. The van der Waals surface area contributed by atoms with Crippen LogP contribution in [0.5, 0.6) is 5.75 Å². The average Bonchev–Trinajstić information content (AvgIpc) is 1.92. The number of phenols is 1. The maximum absolute atomic E-state index is 10.8. The van der Waals surface area contributed by atoms with E-state index >= 15 is 0 Å². The molecule has 0 spiro atoms. The topological polar surface area (TPSA) is 54.4 Å². The quantitative estimate of drug-likeness (QED) is 0.711. The second kappa shape index (κ2) is 2.95. The van der Waals surface area contributed by atoms with E-state index in [1.54, 1.807) is 13.0 Å². The molecule has 1 aromatic rings. The van der Waals surface area contributed by atoms with Crippen molar-refractivity contribution in [3.8, 4) is 5.75 Å². The first kappa shape index (κ1) is 9.35. The van der Waals surface area contributed by atoms with Gasteiger partial charge < -0.3 is 5.11 Å². The fraction of sp³-hybridized carbons (Fsp3) is 0.143. The van der Waals surface area contributed by atoms with Crippen molar-refractivity contribution in [3.63, 3.8) is 0 Å². The summed E-state index contributed by atoms with van der Waals surface area (Å²) in [7, 11) is 1.21. The molecule has 0 unspecified atom stereocenters. The van der Waals surface area contributed by atoms with E-state index in [0.29, 0.717) is 5.56 Å². The molecule has 0 atom stereocenters. The molecule has 1 N–H and O–H groups in total. The number of aryl methyl sites for hydroxylation is 1. The largest absolute Gasteiger partial charge is 0.506 e. The Hall–Kier alpha value is -0.740. The molecule has 0 bridgehead atoms. The van der Waals surface area contributed by atoms with Crippen molar-refractivity contribution in [1.29, 1.82) is 0 Å². The third-order valence-corrected chi connectivity index (χ3v) is 2.82. The molecular weight excluding hydrogens is 200 g/mol. The molecule has 1 aromatic carbocycles. The highest BCUT2D eigenvalue weighted by Gasteiger charge is 2.15. The van der Waals surface area contributed by atoms with Crippen LogP contribution in [0.1, 0.15) is 5.56 Å². The Balaban J connectivity index is 3.47. The number of para-hydroxylation sites is 1. The van der Waals surface area contributed by atoms with Crippen molar-refractivity contribution in [1.82, 2.24) is 0 Å². The predicted molar refractivity (Wildman–Crippen MR) is 45.9 cm³/mol. The summed E-state index contributed by atoms with van der Waals surface area (Å²) in [6, 6.07) is 4.37. The fourth-order valence-corrected chi connectivity index (χ4v) is 1.84. The molecule has 0 fully saturated rings. The third-order valence-electron chi connectivity index (χ3n) is 1.46. The highest BCUT2D eigenvalue weighted by molar-refractivity contribution is 8.13. The van der Waals surface area contributed by atoms with Crippen LogP contribution in [0.2, 0.25) is 0 Å². The van der Waals surface area contributed by atoms with E-state index in [9.17, 15) is 13.5 Å². The molecule has 12 heavy (non-hydrogen) atoms. The highest BCUT2D eigenvalue weighted by atomic mass is 35.7. The minimum Gasteiger partial charge on any atom is -0.506 e. The summed E-state index contributed by atoms with van der Waals surface area (Å²) in [5.41, 5.74) is 0.483. The summed E-state index contributed by atoms with van der Waals surface area (Å²) in [6.45, 7) is 1.60. The van der Waals surface area contributed by atoms with Gasteiger partial charge in [0.05, 0.1) is 0 Å². The number of benzene rings is 1. The summed E-state index contributed by atoms with van der Waals surface area (Å²) in [4.78, 5) is -0.246. The average molecular weight is 207 g/mol. The van der Waals surface area contributed by atoms with Gasteiger partial charge in [0, 0.05) is 10.7 Å². The maximum Gasteiger partial charge on any atom is 0.264 e. The third kappa shape index (κ3) is 1.70. The Morgan fingerprint density at radius 3 is 2.42 bits per heavy atom. The maximum atomic E-state index is 10.8. The van der Waals surface area contributed by atoms with Crippen molar-refractivity contribution in [2.24, 2.45) is 0 Å². The van der Waals surface area contributed by atoms with Gasteiger partial charge in [-0.1, -0.05) is 12.1 Å². The van der Waals surface area contributed by atoms with Gasteiger partial charge in [-0.3, -0.25) is 0 Å². The lowest BCUT2D eigenvalue weighted by molar-refractivity contribution is 0.455. The first-order chi connectivity index (χ1) is 5.43. The summed E-state index contributed by atoms with van der Waals surface area (Å²) in [5, 5.41) is 9.27. The first-order valence-corrected chi connectivity index (χ1v) is 5.47. The van der Waals surface area contributed by atoms with E-state index in [4.69, 9.17) is 10.7 Å². The Bertz CT molecular complexity index is 397. The summed E-state index contributed by atoms with van der Waals surface area (Å²) < 4.78 is 21.6. The molecular formula is C7H7ClO3S. The molecule has 0 aromatic heterocycles. The van der Waals surface area contributed by atoms with Crippen LogP contribution in [0.3, 0.4) is 0 Å². The fourth-order valence-electron chi connectivity index (χ4n) is 0.829. The van der Waals surface area contributed by atoms with Gasteiger partial charge in [0.15, 0.2) is 0 Å². The highest BCUT2D eigenvalue weighted by Crippen LogP contribution is 2.28. The van der Waals surface area contributed by atoms with Gasteiger partial charge >= 0.3 is 0 Å². The minimum absolute atomic E-state index is 0.246. The second-order valence-corrected chi connectivity index (χ2v) is 4.89. The van der Waals surface area contributed by atoms with Gasteiger partial charge in [0.2, 0.25) is 0 Å². The van der Waals surface area contributed by atoms with E-state index in [1.165, 1.54) is 12.1 Å². The van der Waals surface area contributed by atoms with Crippen LogP contribution in [0, 0.1) is 6.92 Å².